The summed E-state index contributed by atoms with van der Waals surface area (Å²) in [7, 11) is -4.72. The molecule has 11 heteroatoms. The van der Waals surface area contributed by atoms with Gasteiger partial charge in [0.05, 0.1) is 23.4 Å². The highest BCUT2D eigenvalue weighted by Gasteiger charge is 2.27. The van der Waals surface area contributed by atoms with E-state index in [0.717, 1.165) is 17.1 Å². The highest BCUT2D eigenvalue weighted by Crippen LogP contribution is 2.23. The number of carbonyl (C=O) groups excluding carboxylic acids is 1. The van der Waals surface area contributed by atoms with E-state index in [1.54, 1.807) is 6.07 Å². The van der Waals surface area contributed by atoms with Gasteiger partial charge in [0.15, 0.2) is 0 Å². The van der Waals surface area contributed by atoms with Crippen LogP contribution < -0.4 is 10.1 Å². The number of benzene rings is 2. The topological polar surface area (TPSA) is 113 Å². The molecule has 1 aliphatic heterocycles. The molecule has 0 spiro atoms. The van der Waals surface area contributed by atoms with Gasteiger partial charge in [-0.05, 0) is 55.3 Å². The Hall–Kier alpha value is -2.47. The number of amides is 1. The molecule has 1 saturated heterocycles. The average molecular weight is 468 g/mol. The maximum atomic E-state index is 12.7. The molecule has 2 aromatic rings. The van der Waals surface area contributed by atoms with E-state index in [2.05, 4.69) is 5.32 Å². The molecule has 1 N–H and O–H groups in total. The Labute approximate surface area is 182 Å². The number of anilines is 1. The average Bonchev–Trinajstić information content (AvgIpc) is 3.29. The van der Waals surface area contributed by atoms with Crippen molar-refractivity contribution in [1.82, 2.24) is 8.61 Å². The molecule has 0 atom stereocenters. The predicted molar refractivity (Wildman–Crippen MR) is 116 cm³/mol. The molecule has 1 amide bonds. The Balaban J connectivity index is 1.69. The van der Waals surface area contributed by atoms with Crippen LogP contribution in [0, 0.1) is 0 Å². The molecule has 1 fully saturated rings. The summed E-state index contributed by atoms with van der Waals surface area (Å²) in [6, 6.07) is 11.8. The first-order valence-corrected chi connectivity index (χ1v) is 12.5. The summed E-state index contributed by atoms with van der Waals surface area (Å²) in [6.45, 7) is 0.525. The van der Waals surface area contributed by atoms with E-state index in [1.165, 1.54) is 60.9 Å². The van der Waals surface area contributed by atoms with E-state index in [-0.39, 0.29) is 15.5 Å². The molecule has 168 valence electrons. The summed E-state index contributed by atoms with van der Waals surface area (Å²) in [4.78, 5) is 12.5. The van der Waals surface area contributed by atoms with Crippen LogP contribution in [0.5, 0.6) is 5.75 Å². The zero-order chi connectivity index (χ0) is 22.6. The Morgan fingerprint density at radius 2 is 1.68 bits per heavy atom. The van der Waals surface area contributed by atoms with Crippen LogP contribution in [-0.2, 0) is 24.8 Å². The molecular weight excluding hydrogens is 442 g/mol. The lowest BCUT2D eigenvalue weighted by molar-refractivity contribution is -0.116. The third kappa shape index (κ3) is 5.24. The number of hydrogen-bond acceptors (Lipinski definition) is 6. The van der Waals surface area contributed by atoms with E-state index in [1.807, 2.05) is 0 Å². The fourth-order valence-electron chi connectivity index (χ4n) is 3.23. The van der Waals surface area contributed by atoms with E-state index < -0.39 is 32.5 Å². The molecule has 0 aromatic heterocycles. The normalized spacial score (nSPS) is 15.2. The van der Waals surface area contributed by atoms with Crippen LogP contribution in [0.3, 0.4) is 0 Å². The quantitative estimate of drug-likeness (QED) is 0.633. The molecule has 0 aliphatic carbocycles. The zero-order valence-corrected chi connectivity index (χ0v) is 18.9. The second kappa shape index (κ2) is 9.35. The van der Waals surface area contributed by atoms with Crippen molar-refractivity contribution in [3.05, 3.63) is 48.5 Å². The number of nitrogens with zero attached hydrogens (tertiary/aromatic N) is 2. The molecule has 1 heterocycles. The van der Waals surface area contributed by atoms with Crippen molar-refractivity contribution in [2.45, 2.75) is 22.6 Å². The number of nitrogens with one attached hydrogen (secondary N) is 1. The molecule has 0 saturated carbocycles. The Kier molecular flexibility index (Phi) is 6.99. The van der Waals surface area contributed by atoms with Crippen molar-refractivity contribution in [2.24, 2.45) is 0 Å². The van der Waals surface area contributed by atoms with Crippen LogP contribution in [0.15, 0.2) is 58.3 Å². The monoisotopic (exact) mass is 467 g/mol. The van der Waals surface area contributed by atoms with E-state index in [0.29, 0.717) is 18.8 Å². The fourth-order valence-corrected chi connectivity index (χ4v) is 5.92. The number of likely N-dealkylation sites (N-methyl/N-ethyl adjacent to an activating group) is 1. The molecule has 2 aromatic carbocycles. The van der Waals surface area contributed by atoms with Crippen molar-refractivity contribution in [1.29, 1.82) is 0 Å². The van der Waals surface area contributed by atoms with Gasteiger partial charge in [0.2, 0.25) is 26.0 Å². The van der Waals surface area contributed by atoms with Gasteiger partial charge in [-0.1, -0.05) is 6.07 Å². The Morgan fingerprint density at radius 3 is 2.29 bits per heavy atom. The van der Waals surface area contributed by atoms with Gasteiger partial charge in [0, 0.05) is 25.8 Å². The van der Waals surface area contributed by atoms with Crippen LogP contribution in [0.1, 0.15) is 12.8 Å². The van der Waals surface area contributed by atoms with Gasteiger partial charge >= 0.3 is 0 Å². The number of ether oxygens (including phenoxy) is 1. The predicted octanol–water partition coefficient (Wildman–Crippen LogP) is 1.74. The Bertz CT molecular complexity index is 1140. The molecular formula is C20H25N3O6S2. The Morgan fingerprint density at radius 1 is 1.03 bits per heavy atom. The van der Waals surface area contributed by atoms with Gasteiger partial charge in [-0.2, -0.15) is 8.61 Å². The van der Waals surface area contributed by atoms with Gasteiger partial charge in [-0.15, -0.1) is 0 Å². The maximum absolute atomic E-state index is 12.7. The molecule has 9 nitrogen and oxygen atoms in total. The van der Waals surface area contributed by atoms with Crippen LogP contribution in [0.2, 0.25) is 0 Å². The van der Waals surface area contributed by atoms with E-state index >= 15 is 0 Å². The van der Waals surface area contributed by atoms with Crippen molar-refractivity contribution in [3.63, 3.8) is 0 Å². The third-order valence-electron chi connectivity index (χ3n) is 4.95. The lowest BCUT2D eigenvalue weighted by Crippen LogP contribution is -2.35. The molecule has 0 bridgehead atoms. The maximum Gasteiger partial charge on any atom is 0.243 e. The van der Waals surface area contributed by atoms with Gasteiger partial charge in [0.1, 0.15) is 5.75 Å². The number of rotatable bonds is 8. The van der Waals surface area contributed by atoms with Crippen LogP contribution >= 0.6 is 0 Å². The first-order chi connectivity index (χ1) is 14.6. The summed E-state index contributed by atoms with van der Waals surface area (Å²) in [5, 5.41) is 2.57. The molecule has 3 rings (SSSR count). The number of sulfonamides is 2. The van der Waals surface area contributed by atoms with E-state index in [9.17, 15) is 21.6 Å². The first-order valence-electron chi connectivity index (χ1n) is 9.65. The summed E-state index contributed by atoms with van der Waals surface area (Å²) < 4.78 is 58.1. The minimum absolute atomic E-state index is 0.0299. The SMILES string of the molecule is COc1ccc(S(=O)(=O)N(C)CC(=O)Nc2cccc(S(=O)(=O)N3CCCC3)c2)cc1. The summed E-state index contributed by atoms with van der Waals surface area (Å²) in [6.07, 6.45) is 1.65. The zero-order valence-electron chi connectivity index (χ0n) is 17.3. The smallest absolute Gasteiger partial charge is 0.243 e. The van der Waals surface area contributed by atoms with Crippen LogP contribution in [0.25, 0.3) is 0 Å². The van der Waals surface area contributed by atoms with Crippen LogP contribution in [-0.4, -0.2) is 65.1 Å². The standard InChI is InChI=1S/C20H25N3O6S2/c1-22(30(25,26)18-10-8-17(29-2)9-11-18)15-20(24)21-16-6-5-7-19(14-16)31(27,28)23-12-3-4-13-23/h5-11,14H,3-4,12-13,15H2,1-2H3,(H,21,24). The van der Waals surface area contributed by atoms with E-state index in [4.69, 9.17) is 4.74 Å². The van der Waals surface area contributed by atoms with Crippen molar-refractivity contribution in [2.75, 3.05) is 39.1 Å². The van der Waals surface area contributed by atoms with Crippen LogP contribution in [0.4, 0.5) is 5.69 Å². The minimum Gasteiger partial charge on any atom is -0.497 e. The number of methoxy groups -OCH3 is 1. The van der Waals surface area contributed by atoms with Crippen molar-refractivity contribution < 1.29 is 26.4 Å². The molecule has 31 heavy (non-hydrogen) atoms. The van der Waals surface area contributed by atoms with Crippen molar-refractivity contribution >= 4 is 31.6 Å². The lowest BCUT2D eigenvalue weighted by Gasteiger charge is -2.18. The second-order valence-electron chi connectivity index (χ2n) is 7.12. The highest BCUT2D eigenvalue weighted by atomic mass is 32.2. The third-order valence-corrected chi connectivity index (χ3v) is 8.67. The van der Waals surface area contributed by atoms with Gasteiger partial charge in [0.25, 0.3) is 0 Å². The fraction of sp³-hybridized carbons (Fsp3) is 0.350. The summed E-state index contributed by atoms with van der Waals surface area (Å²) >= 11 is 0. The number of carbonyl (C=O) groups is 1. The van der Waals surface area contributed by atoms with Gasteiger partial charge < -0.3 is 10.1 Å². The second-order valence-corrected chi connectivity index (χ2v) is 11.1. The number of hydrogen-bond donors (Lipinski definition) is 1. The molecule has 0 radical (unpaired) electrons. The van der Waals surface area contributed by atoms with Gasteiger partial charge in [-0.3, -0.25) is 4.79 Å². The molecule has 0 unspecified atom stereocenters. The minimum atomic E-state index is -3.88. The molecule has 1 aliphatic rings. The first kappa shape index (κ1) is 23.2. The van der Waals surface area contributed by atoms with Gasteiger partial charge in [-0.25, -0.2) is 16.8 Å². The summed E-state index contributed by atoms with van der Waals surface area (Å²) in [5.41, 5.74) is 0.278. The lowest BCUT2D eigenvalue weighted by atomic mass is 10.3. The largest absolute Gasteiger partial charge is 0.497 e. The summed E-state index contributed by atoms with van der Waals surface area (Å²) in [5.74, 6) is -0.0709. The highest BCUT2D eigenvalue weighted by molar-refractivity contribution is 7.89. The van der Waals surface area contributed by atoms with Crippen molar-refractivity contribution in [3.8, 4) is 5.75 Å².